The van der Waals surface area contributed by atoms with Crippen LogP contribution in [0.25, 0.3) is 0 Å². The summed E-state index contributed by atoms with van der Waals surface area (Å²) in [5.41, 5.74) is 2.33. The van der Waals surface area contributed by atoms with E-state index in [1.165, 1.54) is 0 Å². The van der Waals surface area contributed by atoms with Gasteiger partial charge < -0.3 is 9.47 Å². The van der Waals surface area contributed by atoms with Crippen molar-refractivity contribution in [3.05, 3.63) is 95.6 Å². The molecule has 5 nitrogen and oxygen atoms in total. The molecule has 0 saturated heterocycles. The van der Waals surface area contributed by atoms with Crippen molar-refractivity contribution in [2.24, 2.45) is 10.2 Å². The first-order valence-electron chi connectivity index (χ1n) is 8.71. The molecule has 0 heterocycles. The van der Waals surface area contributed by atoms with E-state index in [4.69, 9.17) is 9.47 Å². The van der Waals surface area contributed by atoms with Gasteiger partial charge in [0.15, 0.2) is 11.5 Å². The Morgan fingerprint density at radius 3 is 2.00 bits per heavy atom. The molecule has 0 amide bonds. The summed E-state index contributed by atoms with van der Waals surface area (Å²) in [6, 6.07) is 23.7. The molecule has 0 atom stereocenters. The summed E-state index contributed by atoms with van der Waals surface area (Å²) in [7, 11) is 3.15. The molecule has 0 aliphatic carbocycles. The van der Waals surface area contributed by atoms with Gasteiger partial charge in [0, 0.05) is 11.1 Å². The number of Topliss-reactive ketones (excluding diaryl/α,β-unsaturated/α-hetero) is 1. The van der Waals surface area contributed by atoms with Crippen molar-refractivity contribution in [2.75, 3.05) is 14.2 Å². The van der Waals surface area contributed by atoms with E-state index in [1.807, 2.05) is 54.6 Å². The third-order valence-corrected chi connectivity index (χ3v) is 4.07. The van der Waals surface area contributed by atoms with Gasteiger partial charge in [-0.25, -0.2) is 0 Å². The van der Waals surface area contributed by atoms with Crippen molar-refractivity contribution in [3.8, 4) is 11.5 Å². The lowest BCUT2D eigenvalue weighted by Gasteiger charge is -2.07. The van der Waals surface area contributed by atoms with Gasteiger partial charge in [-0.3, -0.25) is 4.79 Å². The Balaban J connectivity index is 1.94. The molecule has 0 aliphatic rings. The molecule has 0 radical (unpaired) electrons. The molecule has 0 aromatic heterocycles. The average Bonchev–Trinajstić information content (AvgIpc) is 2.77. The SMILES string of the molecule is COc1ccc(/C=N\N=C(\C(=O)c2ccccc2)c2ccccc2)cc1OC. The van der Waals surface area contributed by atoms with Crippen molar-refractivity contribution >= 4 is 17.7 Å². The third kappa shape index (κ3) is 4.51. The zero-order chi connectivity index (χ0) is 19.8. The number of rotatable bonds is 7. The van der Waals surface area contributed by atoms with E-state index < -0.39 is 0 Å². The van der Waals surface area contributed by atoms with Gasteiger partial charge in [-0.15, -0.1) is 5.10 Å². The highest BCUT2D eigenvalue weighted by Gasteiger charge is 2.16. The molecular formula is C23H20N2O3. The Bertz CT molecular complexity index is 997. The molecule has 0 aliphatic heterocycles. The van der Waals surface area contributed by atoms with Crippen LogP contribution in [0.3, 0.4) is 0 Å². The molecule has 0 unspecified atom stereocenters. The fraction of sp³-hybridized carbons (Fsp3) is 0.0870. The monoisotopic (exact) mass is 372 g/mol. The van der Waals surface area contributed by atoms with E-state index in [0.29, 0.717) is 22.6 Å². The Kier molecular flexibility index (Phi) is 6.31. The molecule has 140 valence electrons. The van der Waals surface area contributed by atoms with Crippen LogP contribution in [0.5, 0.6) is 11.5 Å². The van der Waals surface area contributed by atoms with Crippen LogP contribution in [0.2, 0.25) is 0 Å². The van der Waals surface area contributed by atoms with Crippen molar-refractivity contribution < 1.29 is 14.3 Å². The topological polar surface area (TPSA) is 60.2 Å². The second-order valence-corrected chi connectivity index (χ2v) is 5.87. The van der Waals surface area contributed by atoms with E-state index in [-0.39, 0.29) is 11.5 Å². The average molecular weight is 372 g/mol. The largest absolute Gasteiger partial charge is 0.493 e. The van der Waals surface area contributed by atoms with Crippen LogP contribution in [0.15, 0.2) is 89.1 Å². The second kappa shape index (κ2) is 9.28. The van der Waals surface area contributed by atoms with Crippen molar-refractivity contribution in [1.82, 2.24) is 0 Å². The van der Waals surface area contributed by atoms with Gasteiger partial charge in [0.1, 0.15) is 5.71 Å². The molecule has 0 N–H and O–H groups in total. The highest BCUT2D eigenvalue weighted by atomic mass is 16.5. The van der Waals surface area contributed by atoms with Crippen LogP contribution >= 0.6 is 0 Å². The molecule has 3 aromatic carbocycles. The molecule has 0 fully saturated rings. The summed E-state index contributed by atoms with van der Waals surface area (Å²) in [5, 5.41) is 8.37. The van der Waals surface area contributed by atoms with Gasteiger partial charge in [-0.2, -0.15) is 5.10 Å². The zero-order valence-corrected chi connectivity index (χ0v) is 15.7. The Morgan fingerprint density at radius 2 is 1.39 bits per heavy atom. The fourth-order valence-electron chi connectivity index (χ4n) is 2.64. The lowest BCUT2D eigenvalue weighted by Crippen LogP contribution is -2.15. The second-order valence-electron chi connectivity index (χ2n) is 5.87. The summed E-state index contributed by atoms with van der Waals surface area (Å²) in [4.78, 5) is 12.9. The number of hydrogen-bond donors (Lipinski definition) is 0. The van der Waals surface area contributed by atoms with Gasteiger partial charge in [0.05, 0.1) is 20.4 Å². The van der Waals surface area contributed by atoms with Crippen LogP contribution in [-0.4, -0.2) is 31.9 Å². The number of benzene rings is 3. The number of ether oxygens (including phenoxy) is 2. The molecule has 3 aromatic rings. The van der Waals surface area contributed by atoms with E-state index in [2.05, 4.69) is 10.2 Å². The molecule has 0 bridgehead atoms. The molecule has 3 rings (SSSR count). The normalized spacial score (nSPS) is 11.4. The minimum atomic E-state index is -0.184. The van der Waals surface area contributed by atoms with Gasteiger partial charge in [0.2, 0.25) is 5.78 Å². The lowest BCUT2D eigenvalue weighted by molar-refractivity contribution is 0.106. The molecule has 5 heteroatoms. The van der Waals surface area contributed by atoms with E-state index in [1.54, 1.807) is 44.7 Å². The fourth-order valence-corrected chi connectivity index (χ4v) is 2.64. The Morgan fingerprint density at radius 1 is 0.786 bits per heavy atom. The quantitative estimate of drug-likeness (QED) is 0.351. The van der Waals surface area contributed by atoms with Crippen LogP contribution in [0, 0.1) is 0 Å². The van der Waals surface area contributed by atoms with Gasteiger partial charge >= 0.3 is 0 Å². The first-order valence-corrected chi connectivity index (χ1v) is 8.71. The van der Waals surface area contributed by atoms with Gasteiger partial charge in [-0.1, -0.05) is 60.7 Å². The maximum atomic E-state index is 12.9. The van der Waals surface area contributed by atoms with Gasteiger partial charge in [-0.05, 0) is 23.8 Å². The van der Waals surface area contributed by atoms with Crippen LogP contribution in [0.1, 0.15) is 21.5 Å². The van der Waals surface area contributed by atoms with Crippen LogP contribution in [-0.2, 0) is 0 Å². The van der Waals surface area contributed by atoms with E-state index in [0.717, 1.165) is 5.56 Å². The number of carbonyl (C=O) groups is 1. The predicted octanol–water partition coefficient (Wildman–Crippen LogP) is 4.41. The smallest absolute Gasteiger partial charge is 0.213 e. The Labute approximate surface area is 164 Å². The highest BCUT2D eigenvalue weighted by Crippen LogP contribution is 2.26. The van der Waals surface area contributed by atoms with Crippen molar-refractivity contribution in [1.29, 1.82) is 0 Å². The molecule has 28 heavy (non-hydrogen) atoms. The minimum Gasteiger partial charge on any atom is -0.493 e. The lowest BCUT2D eigenvalue weighted by atomic mass is 10.0. The first-order chi connectivity index (χ1) is 13.7. The van der Waals surface area contributed by atoms with Crippen molar-refractivity contribution in [3.63, 3.8) is 0 Å². The number of nitrogens with zero attached hydrogens (tertiary/aromatic N) is 2. The highest BCUT2D eigenvalue weighted by molar-refractivity contribution is 6.51. The maximum absolute atomic E-state index is 12.9. The number of methoxy groups -OCH3 is 2. The van der Waals surface area contributed by atoms with E-state index >= 15 is 0 Å². The summed E-state index contributed by atoms with van der Waals surface area (Å²) in [6.45, 7) is 0. The zero-order valence-electron chi connectivity index (χ0n) is 15.7. The number of ketones is 1. The van der Waals surface area contributed by atoms with Crippen LogP contribution in [0.4, 0.5) is 0 Å². The predicted molar refractivity (Wildman–Crippen MR) is 111 cm³/mol. The number of carbonyl (C=O) groups excluding carboxylic acids is 1. The summed E-state index contributed by atoms with van der Waals surface area (Å²) >= 11 is 0. The Hall–Kier alpha value is -3.73. The third-order valence-electron chi connectivity index (χ3n) is 4.07. The maximum Gasteiger partial charge on any atom is 0.213 e. The molecular weight excluding hydrogens is 352 g/mol. The number of hydrogen-bond acceptors (Lipinski definition) is 5. The van der Waals surface area contributed by atoms with Crippen LogP contribution < -0.4 is 9.47 Å². The summed E-state index contributed by atoms with van der Waals surface area (Å²) in [5.74, 6) is 1.04. The van der Waals surface area contributed by atoms with Gasteiger partial charge in [0.25, 0.3) is 0 Å². The summed E-state index contributed by atoms with van der Waals surface area (Å²) in [6.07, 6.45) is 1.57. The summed E-state index contributed by atoms with van der Waals surface area (Å²) < 4.78 is 10.5. The molecule has 0 saturated carbocycles. The van der Waals surface area contributed by atoms with E-state index in [9.17, 15) is 4.79 Å². The standard InChI is InChI=1S/C23H20N2O3/c1-27-20-14-13-17(15-21(20)28-2)16-24-25-22(18-9-5-3-6-10-18)23(26)19-11-7-4-8-12-19/h3-16H,1-2H3/b24-16-,25-22+. The first kappa shape index (κ1) is 19.0. The van der Waals surface area contributed by atoms with Crippen molar-refractivity contribution in [2.45, 2.75) is 0 Å². The minimum absolute atomic E-state index is 0.184. The molecule has 0 spiro atoms.